The van der Waals surface area contributed by atoms with Crippen LogP contribution < -0.4 is 0 Å². The fourth-order valence-corrected chi connectivity index (χ4v) is 1.88. The molecule has 2 aromatic carbocycles. The van der Waals surface area contributed by atoms with E-state index >= 15 is 0 Å². The molecular formula is C16H12O5. The Morgan fingerprint density at radius 3 is 1.90 bits per heavy atom. The smallest absolute Gasteiger partial charge is 0.335 e. The summed E-state index contributed by atoms with van der Waals surface area (Å²) in [6, 6.07) is 11.5. The summed E-state index contributed by atoms with van der Waals surface area (Å²) in [4.78, 5) is 31.8. The third-order valence-electron chi connectivity index (χ3n) is 3.10. The first kappa shape index (κ1) is 14.5. The molecule has 0 unspecified atom stereocenters. The van der Waals surface area contributed by atoms with Gasteiger partial charge in [-0.3, -0.25) is 4.79 Å². The minimum Gasteiger partial charge on any atom is -0.478 e. The fraction of sp³-hybridized carbons (Fsp3) is 0.0625. The molecule has 2 aliphatic rings. The number of carbonyl (C=O) groups is 3. The van der Waals surface area contributed by atoms with Gasteiger partial charge in [0.2, 0.25) is 0 Å². The Morgan fingerprint density at radius 1 is 0.905 bits per heavy atom. The third-order valence-corrected chi connectivity index (χ3v) is 3.10. The van der Waals surface area contributed by atoms with Gasteiger partial charge in [0.25, 0.3) is 0 Å². The molecule has 0 aromatic heterocycles. The van der Waals surface area contributed by atoms with Gasteiger partial charge in [0.1, 0.15) is 0 Å². The number of fused-ring (bicyclic) bond motifs is 2. The summed E-state index contributed by atoms with van der Waals surface area (Å²) in [6.07, 6.45) is 0. The lowest BCUT2D eigenvalue weighted by Gasteiger charge is -2.10. The first-order chi connectivity index (χ1) is 9.90. The normalized spacial score (nSPS) is 11.0. The van der Waals surface area contributed by atoms with Crippen molar-refractivity contribution >= 4 is 17.7 Å². The van der Waals surface area contributed by atoms with Gasteiger partial charge in [0.15, 0.2) is 5.78 Å². The SMILES string of the molecule is Cc1ccc(C(=O)O)cc1C(=O)O.O=C1c2cccc1c2. The fourth-order valence-electron chi connectivity index (χ4n) is 1.88. The van der Waals surface area contributed by atoms with Gasteiger partial charge in [-0.2, -0.15) is 0 Å². The zero-order chi connectivity index (χ0) is 15.6. The monoisotopic (exact) mass is 284 g/mol. The van der Waals surface area contributed by atoms with Crippen LogP contribution in [0.2, 0.25) is 0 Å². The maximum atomic E-state index is 10.7. The minimum absolute atomic E-state index is 0.0111. The van der Waals surface area contributed by atoms with E-state index in [4.69, 9.17) is 10.2 Å². The molecule has 2 aliphatic carbocycles. The molecule has 5 nitrogen and oxygen atoms in total. The molecule has 5 heteroatoms. The van der Waals surface area contributed by atoms with Crippen molar-refractivity contribution < 1.29 is 24.6 Å². The van der Waals surface area contributed by atoms with E-state index in [9.17, 15) is 14.4 Å². The van der Waals surface area contributed by atoms with Crippen molar-refractivity contribution in [2.45, 2.75) is 6.92 Å². The van der Waals surface area contributed by atoms with Crippen molar-refractivity contribution in [2.75, 3.05) is 0 Å². The van der Waals surface area contributed by atoms with Crippen molar-refractivity contribution in [3.63, 3.8) is 0 Å². The topological polar surface area (TPSA) is 91.7 Å². The summed E-state index contributed by atoms with van der Waals surface area (Å²) in [5, 5.41) is 17.3. The van der Waals surface area contributed by atoms with Gasteiger partial charge in [-0.25, -0.2) is 9.59 Å². The molecule has 106 valence electrons. The Kier molecular flexibility index (Phi) is 3.84. The lowest BCUT2D eigenvalue weighted by molar-refractivity contribution is 0.0695. The van der Waals surface area contributed by atoms with Crippen LogP contribution in [0.1, 0.15) is 42.2 Å². The summed E-state index contributed by atoms with van der Waals surface area (Å²) in [7, 11) is 0. The number of hydrogen-bond acceptors (Lipinski definition) is 3. The average molecular weight is 284 g/mol. The molecule has 0 spiro atoms. The van der Waals surface area contributed by atoms with Crippen LogP contribution in [0.25, 0.3) is 0 Å². The molecule has 0 saturated heterocycles. The third kappa shape index (κ3) is 2.97. The average Bonchev–Trinajstić information content (AvgIpc) is 2.48. The Bertz CT molecular complexity index is 717. The van der Waals surface area contributed by atoms with Gasteiger partial charge in [-0.05, 0) is 30.7 Å². The lowest BCUT2D eigenvalue weighted by Crippen LogP contribution is -2.10. The standard InChI is InChI=1S/C9H8O4.C7H4O/c1-5-2-3-6(8(10)11)4-7(5)9(12)13;8-7-5-2-1-3-6(7)4-5/h2-4H,1H3,(H,10,11)(H,12,13);1-4H. The van der Waals surface area contributed by atoms with E-state index in [1.54, 1.807) is 6.92 Å². The van der Waals surface area contributed by atoms with Crippen LogP contribution in [0.15, 0.2) is 42.5 Å². The van der Waals surface area contributed by atoms with E-state index in [2.05, 4.69) is 0 Å². The number of aryl methyl sites for hydroxylation is 1. The lowest BCUT2D eigenvalue weighted by atomic mass is 9.92. The number of carboxylic acids is 2. The molecule has 0 aliphatic heterocycles. The largest absolute Gasteiger partial charge is 0.478 e. The number of carboxylic acid groups (broad SMARTS) is 2. The molecular weight excluding hydrogens is 272 g/mol. The molecule has 2 N–H and O–H groups in total. The molecule has 0 radical (unpaired) electrons. The Labute approximate surface area is 120 Å². The highest BCUT2D eigenvalue weighted by molar-refractivity contribution is 6.16. The zero-order valence-electron chi connectivity index (χ0n) is 11.2. The van der Waals surface area contributed by atoms with Crippen LogP contribution in [-0.2, 0) is 0 Å². The molecule has 0 atom stereocenters. The predicted octanol–water partition coefficient (Wildman–Crippen LogP) is 2.62. The first-order valence-electron chi connectivity index (χ1n) is 6.12. The van der Waals surface area contributed by atoms with Gasteiger partial charge < -0.3 is 10.2 Å². The van der Waals surface area contributed by atoms with E-state index in [0.717, 1.165) is 17.2 Å². The van der Waals surface area contributed by atoms with E-state index in [0.29, 0.717) is 5.56 Å². The van der Waals surface area contributed by atoms with Crippen LogP contribution in [-0.4, -0.2) is 27.9 Å². The van der Waals surface area contributed by atoms with Crippen LogP contribution in [0.5, 0.6) is 0 Å². The van der Waals surface area contributed by atoms with Crippen molar-refractivity contribution in [1.82, 2.24) is 0 Å². The highest BCUT2D eigenvalue weighted by Crippen LogP contribution is 2.19. The second-order valence-electron chi connectivity index (χ2n) is 4.55. The Morgan fingerprint density at radius 2 is 1.52 bits per heavy atom. The van der Waals surface area contributed by atoms with Crippen molar-refractivity contribution in [3.8, 4) is 0 Å². The van der Waals surface area contributed by atoms with Crippen LogP contribution in [0.3, 0.4) is 0 Å². The molecule has 4 rings (SSSR count). The number of ketones is 1. The summed E-state index contributed by atoms with van der Waals surface area (Å²) >= 11 is 0. The maximum absolute atomic E-state index is 10.7. The summed E-state index contributed by atoms with van der Waals surface area (Å²) in [5.74, 6) is -2.03. The van der Waals surface area contributed by atoms with Crippen LogP contribution >= 0.6 is 0 Å². The van der Waals surface area contributed by atoms with Crippen molar-refractivity contribution in [3.05, 3.63) is 70.3 Å². The molecule has 0 heterocycles. The van der Waals surface area contributed by atoms with Crippen molar-refractivity contribution in [2.24, 2.45) is 0 Å². The highest BCUT2D eigenvalue weighted by atomic mass is 16.4. The van der Waals surface area contributed by atoms with Gasteiger partial charge in [0, 0.05) is 11.1 Å². The second-order valence-corrected chi connectivity index (χ2v) is 4.55. The molecule has 0 amide bonds. The van der Waals surface area contributed by atoms with E-state index in [1.807, 2.05) is 24.3 Å². The molecule has 2 aromatic rings. The van der Waals surface area contributed by atoms with Crippen LogP contribution in [0.4, 0.5) is 0 Å². The zero-order valence-corrected chi connectivity index (χ0v) is 11.2. The summed E-state index contributed by atoms with van der Waals surface area (Å²) < 4.78 is 0. The number of aromatic carboxylic acids is 2. The number of benzene rings is 2. The number of hydrogen-bond donors (Lipinski definition) is 2. The van der Waals surface area contributed by atoms with E-state index in [1.165, 1.54) is 12.1 Å². The summed E-state index contributed by atoms with van der Waals surface area (Å²) in [6.45, 7) is 1.62. The maximum Gasteiger partial charge on any atom is 0.335 e. The minimum atomic E-state index is -1.12. The van der Waals surface area contributed by atoms with Gasteiger partial charge in [0.05, 0.1) is 11.1 Å². The molecule has 2 bridgehead atoms. The predicted molar refractivity (Wildman–Crippen MR) is 75.0 cm³/mol. The Hall–Kier alpha value is -2.95. The summed E-state index contributed by atoms with van der Waals surface area (Å²) in [5.41, 5.74) is 2.27. The first-order valence-corrected chi connectivity index (χ1v) is 6.12. The number of carbonyl (C=O) groups excluding carboxylic acids is 1. The van der Waals surface area contributed by atoms with E-state index in [-0.39, 0.29) is 16.9 Å². The highest BCUT2D eigenvalue weighted by Gasteiger charge is 2.17. The molecule has 0 saturated carbocycles. The second kappa shape index (κ2) is 5.58. The quantitative estimate of drug-likeness (QED) is 0.754. The molecule has 21 heavy (non-hydrogen) atoms. The molecule has 0 fully saturated rings. The van der Waals surface area contributed by atoms with Crippen molar-refractivity contribution in [1.29, 1.82) is 0 Å². The number of rotatable bonds is 2. The van der Waals surface area contributed by atoms with Crippen LogP contribution in [0, 0.1) is 6.92 Å². The Balaban J connectivity index is 0.000000170. The van der Waals surface area contributed by atoms with Gasteiger partial charge in [-0.15, -0.1) is 0 Å². The van der Waals surface area contributed by atoms with Gasteiger partial charge >= 0.3 is 11.9 Å². The van der Waals surface area contributed by atoms with Gasteiger partial charge in [-0.1, -0.05) is 24.3 Å². The van der Waals surface area contributed by atoms with E-state index < -0.39 is 11.9 Å².